The Bertz CT molecular complexity index is 481. The van der Waals surface area contributed by atoms with Crippen LogP contribution in [0.15, 0.2) is 24.3 Å². The molecule has 1 aromatic carbocycles. The first-order chi connectivity index (χ1) is 9.90. The van der Waals surface area contributed by atoms with Gasteiger partial charge in [-0.1, -0.05) is 51.2 Å². The van der Waals surface area contributed by atoms with Gasteiger partial charge in [0, 0.05) is 17.8 Å². The molecule has 2 N–H and O–H groups in total. The molecule has 5 nitrogen and oxygen atoms in total. The summed E-state index contributed by atoms with van der Waals surface area (Å²) in [6, 6.07) is 8.12. The maximum atomic E-state index is 3.99. The molecule has 2 aromatic rings. The maximum Gasteiger partial charge on any atom is 0.204 e. The molecule has 0 spiro atoms. The number of hydrogen-bond donors (Lipinski definition) is 2. The van der Waals surface area contributed by atoms with Crippen molar-refractivity contribution < 1.29 is 0 Å². The highest BCUT2D eigenvalue weighted by Gasteiger charge is 2.02. The van der Waals surface area contributed by atoms with Gasteiger partial charge in [0.25, 0.3) is 0 Å². The van der Waals surface area contributed by atoms with Gasteiger partial charge in [-0.05, 0) is 23.8 Å². The van der Waals surface area contributed by atoms with E-state index in [1.807, 2.05) is 12.1 Å². The highest BCUT2D eigenvalue weighted by atomic mass is 15.5. The van der Waals surface area contributed by atoms with Crippen molar-refractivity contribution in [3.8, 4) is 11.4 Å². The first-order valence-corrected chi connectivity index (χ1v) is 7.48. The zero-order valence-corrected chi connectivity index (χ0v) is 12.1. The molecule has 0 amide bonds. The van der Waals surface area contributed by atoms with Crippen LogP contribution in [0.4, 0.5) is 5.69 Å². The minimum atomic E-state index is 0.633. The molecule has 2 rings (SSSR count). The number of H-pyrrole nitrogens is 1. The van der Waals surface area contributed by atoms with E-state index < -0.39 is 0 Å². The number of anilines is 1. The van der Waals surface area contributed by atoms with Gasteiger partial charge < -0.3 is 5.32 Å². The molecule has 0 aliphatic heterocycles. The maximum absolute atomic E-state index is 3.99. The normalized spacial score (nSPS) is 10.7. The second-order valence-electron chi connectivity index (χ2n) is 5.01. The SMILES string of the molecule is CCCCCCCCNc1cccc(-c2nn[nH]n2)c1. The molecule has 0 saturated carbocycles. The topological polar surface area (TPSA) is 66.5 Å². The summed E-state index contributed by atoms with van der Waals surface area (Å²) in [6.45, 7) is 3.26. The monoisotopic (exact) mass is 273 g/mol. The van der Waals surface area contributed by atoms with E-state index in [0.29, 0.717) is 5.82 Å². The van der Waals surface area contributed by atoms with E-state index in [1.54, 1.807) is 0 Å². The molecule has 0 aliphatic rings. The van der Waals surface area contributed by atoms with Crippen molar-refractivity contribution in [2.45, 2.75) is 45.4 Å². The van der Waals surface area contributed by atoms with Crippen molar-refractivity contribution in [1.29, 1.82) is 0 Å². The molecule has 0 atom stereocenters. The van der Waals surface area contributed by atoms with Gasteiger partial charge >= 0.3 is 0 Å². The third-order valence-electron chi connectivity index (χ3n) is 3.33. The third kappa shape index (κ3) is 4.64. The predicted octanol–water partition coefficient (Wildman–Crippen LogP) is 3.64. The number of rotatable bonds is 9. The molecular formula is C15H23N5. The fourth-order valence-corrected chi connectivity index (χ4v) is 2.19. The van der Waals surface area contributed by atoms with Crippen LogP contribution in [0, 0.1) is 0 Å². The van der Waals surface area contributed by atoms with Crippen LogP contribution in [0.3, 0.4) is 0 Å². The van der Waals surface area contributed by atoms with Gasteiger partial charge in [0.15, 0.2) is 0 Å². The van der Waals surface area contributed by atoms with Gasteiger partial charge in [-0.25, -0.2) is 0 Å². The van der Waals surface area contributed by atoms with E-state index in [-0.39, 0.29) is 0 Å². The lowest BCUT2D eigenvalue weighted by Crippen LogP contribution is -2.01. The van der Waals surface area contributed by atoms with Crippen molar-refractivity contribution >= 4 is 5.69 Å². The van der Waals surface area contributed by atoms with E-state index in [0.717, 1.165) is 17.8 Å². The quantitative estimate of drug-likeness (QED) is 0.684. The number of tetrazole rings is 1. The lowest BCUT2D eigenvalue weighted by molar-refractivity contribution is 0.617. The number of aromatic amines is 1. The number of aromatic nitrogens is 4. The van der Waals surface area contributed by atoms with Crippen LogP contribution < -0.4 is 5.32 Å². The number of unbranched alkanes of at least 4 members (excludes halogenated alkanes) is 5. The van der Waals surface area contributed by atoms with Gasteiger partial charge in [-0.3, -0.25) is 0 Å². The molecule has 0 fully saturated rings. The molecule has 0 saturated heterocycles. The second-order valence-corrected chi connectivity index (χ2v) is 5.01. The average Bonchev–Trinajstić information content (AvgIpc) is 3.01. The Kier molecular flexibility index (Phi) is 6.02. The van der Waals surface area contributed by atoms with Crippen molar-refractivity contribution in [1.82, 2.24) is 20.6 Å². The molecule has 0 unspecified atom stereocenters. The van der Waals surface area contributed by atoms with E-state index in [9.17, 15) is 0 Å². The molecule has 0 bridgehead atoms. The van der Waals surface area contributed by atoms with Crippen LogP contribution in [0.25, 0.3) is 11.4 Å². The molecule has 20 heavy (non-hydrogen) atoms. The summed E-state index contributed by atoms with van der Waals surface area (Å²) in [6.07, 6.45) is 7.90. The summed E-state index contributed by atoms with van der Waals surface area (Å²) < 4.78 is 0. The minimum Gasteiger partial charge on any atom is -0.385 e. The molecule has 108 valence electrons. The zero-order valence-electron chi connectivity index (χ0n) is 12.1. The summed E-state index contributed by atoms with van der Waals surface area (Å²) in [7, 11) is 0. The van der Waals surface area contributed by atoms with Gasteiger partial charge in [0.2, 0.25) is 5.82 Å². The number of nitrogens with one attached hydrogen (secondary N) is 2. The Morgan fingerprint density at radius 3 is 2.75 bits per heavy atom. The molecule has 0 radical (unpaired) electrons. The fraction of sp³-hybridized carbons (Fsp3) is 0.533. The first kappa shape index (κ1) is 14.5. The minimum absolute atomic E-state index is 0.633. The summed E-state index contributed by atoms with van der Waals surface area (Å²) in [5.41, 5.74) is 2.09. The van der Waals surface area contributed by atoms with Crippen molar-refractivity contribution in [3.05, 3.63) is 24.3 Å². The Hall–Kier alpha value is -1.91. The smallest absolute Gasteiger partial charge is 0.204 e. The highest BCUT2D eigenvalue weighted by molar-refractivity contribution is 5.61. The number of benzene rings is 1. The van der Waals surface area contributed by atoms with Crippen LogP contribution in [-0.2, 0) is 0 Å². The molecule has 1 aromatic heterocycles. The van der Waals surface area contributed by atoms with Crippen molar-refractivity contribution in [2.24, 2.45) is 0 Å². The van der Waals surface area contributed by atoms with Gasteiger partial charge in [0.05, 0.1) is 0 Å². The van der Waals surface area contributed by atoms with Gasteiger partial charge in [-0.2, -0.15) is 5.21 Å². The van der Waals surface area contributed by atoms with E-state index in [2.05, 4.69) is 45.0 Å². The fourth-order valence-electron chi connectivity index (χ4n) is 2.19. The summed E-state index contributed by atoms with van der Waals surface area (Å²) in [5, 5.41) is 17.5. The summed E-state index contributed by atoms with van der Waals surface area (Å²) >= 11 is 0. The lowest BCUT2D eigenvalue weighted by Gasteiger charge is -2.07. The average molecular weight is 273 g/mol. The number of nitrogens with zero attached hydrogens (tertiary/aromatic N) is 3. The van der Waals surface area contributed by atoms with Crippen LogP contribution in [0.5, 0.6) is 0 Å². The molecule has 5 heteroatoms. The van der Waals surface area contributed by atoms with Crippen molar-refractivity contribution in [3.63, 3.8) is 0 Å². The van der Waals surface area contributed by atoms with Crippen molar-refractivity contribution in [2.75, 3.05) is 11.9 Å². The van der Waals surface area contributed by atoms with Crippen LogP contribution in [0.1, 0.15) is 45.4 Å². The van der Waals surface area contributed by atoms with Gasteiger partial charge in [0.1, 0.15) is 0 Å². The molecule has 0 aliphatic carbocycles. The lowest BCUT2D eigenvalue weighted by atomic mass is 10.1. The summed E-state index contributed by atoms with van der Waals surface area (Å²) in [4.78, 5) is 0. The van der Waals surface area contributed by atoms with E-state index in [1.165, 1.54) is 38.5 Å². The zero-order chi connectivity index (χ0) is 14.0. The van der Waals surface area contributed by atoms with E-state index in [4.69, 9.17) is 0 Å². The van der Waals surface area contributed by atoms with Crippen LogP contribution in [0.2, 0.25) is 0 Å². The number of hydrogen-bond acceptors (Lipinski definition) is 4. The Labute approximate surface area is 120 Å². The van der Waals surface area contributed by atoms with E-state index >= 15 is 0 Å². The Morgan fingerprint density at radius 1 is 1.10 bits per heavy atom. The Morgan fingerprint density at radius 2 is 1.95 bits per heavy atom. The molecular weight excluding hydrogens is 250 g/mol. The molecule has 1 heterocycles. The largest absolute Gasteiger partial charge is 0.385 e. The van der Waals surface area contributed by atoms with Crippen LogP contribution in [-0.4, -0.2) is 27.2 Å². The Balaban J connectivity index is 1.72. The predicted molar refractivity (Wildman–Crippen MR) is 81.5 cm³/mol. The third-order valence-corrected chi connectivity index (χ3v) is 3.33. The standard InChI is InChI=1S/C15H23N5/c1-2-3-4-5-6-7-11-16-14-10-8-9-13(12-14)15-17-19-20-18-15/h8-10,12,16H,2-7,11H2,1H3,(H,17,18,19,20). The summed E-state index contributed by atoms with van der Waals surface area (Å²) in [5.74, 6) is 0.633. The second kappa shape index (κ2) is 8.30. The highest BCUT2D eigenvalue weighted by Crippen LogP contribution is 2.18. The first-order valence-electron chi connectivity index (χ1n) is 7.48. The van der Waals surface area contributed by atoms with Crippen LogP contribution >= 0.6 is 0 Å². The van der Waals surface area contributed by atoms with Gasteiger partial charge in [-0.15, -0.1) is 10.2 Å².